The van der Waals surface area contributed by atoms with Crippen molar-refractivity contribution in [2.75, 3.05) is 19.5 Å². The number of aryl methyl sites for hydroxylation is 1. The highest BCUT2D eigenvalue weighted by atomic mass is 16.5. The summed E-state index contributed by atoms with van der Waals surface area (Å²) in [6.07, 6.45) is 0.983. The molecule has 0 spiro atoms. The molecule has 0 saturated carbocycles. The molecule has 90 valence electrons. The van der Waals surface area contributed by atoms with Gasteiger partial charge in [-0.1, -0.05) is 25.1 Å². The zero-order valence-corrected chi connectivity index (χ0v) is 10.6. The number of pyridine rings is 1. The van der Waals surface area contributed by atoms with Crippen molar-refractivity contribution in [2.45, 2.75) is 20.0 Å². The van der Waals surface area contributed by atoms with E-state index in [1.54, 1.807) is 7.11 Å². The van der Waals surface area contributed by atoms with Crippen molar-refractivity contribution in [1.82, 2.24) is 4.98 Å². The molecule has 0 bridgehead atoms. The van der Waals surface area contributed by atoms with Crippen molar-refractivity contribution in [3.05, 3.63) is 35.4 Å². The van der Waals surface area contributed by atoms with E-state index in [0.717, 1.165) is 23.3 Å². The van der Waals surface area contributed by atoms with Crippen molar-refractivity contribution in [3.63, 3.8) is 0 Å². The molecular formula is C14H18N2O. The molecule has 1 N–H and O–H groups in total. The monoisotopic (exact) mass is 230 g/mol. The zero-order chi connectivity index (χ0) is 12.3. The number of anilines is 1. The molecule has 0 aliphatic heterocycles. The fourth-order valence-corrected chi connectivity index (χ4v) is 2.23. The Balaban J connectivity index is 2.74. The quantitative estimate of drug-likeness (QED) is 0.876. The summed E-state index contributed by atoms with van der Waals surface area (Å²) in [5, 5.41) is 4.38. The zero-order valence-electron chi connectivity index (χ0n) is 10.6. The number of nitrogens with one attached hydrogen (secondary N) is 1. The summed E-state index contributed by atoms with van der Waals surface area (Å²) in [7, 11) is 3.61. The fraction of sp³-hybridized carbons (Fsp3) is 0.357. The average molecular weight is 230 g/mol. The van der Waals surface area contributed by atoms with Gasteiger partial charge in [0.05, 0.1) is 12.1 Å². The van der Waals surface area contributed by atoms with Gasteiger partial charge < -0.3 is 10.1 Å². The van der Waals surface area contributed by atoms with Crippen molar-refractivity contribution in [1.29, 1.82) is 0 Å². The van der Waals surface area contributed by atoms with Gasteiger partial charge in [-0.15, -0.1) is 0 Å². The highest BCUT2D eigenvalue weighted by Crippen LogP contribution is 2.27. The van der Waals surface area contributed by atoms with E-state index in [1.165, 1.54) is 10.9 Å². The number of hydrogen-bond donors (Lipinski definition) is 1. The second-order valence-corrected chi connectivity index (χ2v) is 3.97. The van der Waals surface area contributed by atoms with Crippen LogP contribution in [-0.4, -0.2) is 19.1 Å². The van der Waals surface area contributed by atoms with Crippen LogP contribution in [-0.2, 0) is 17.8 Å². The van der Waals surface area contributed by atoms with Gasteiger partial charge in [-0.05, 0) is 18.1 Å². The van der Waals surface area contributed by atoms with Gasteiger partial charge in [0, 0.05) is 25.1 Å². The van der Waals surface area contributed by atoms with Crippen LogP contribution in [0.15, 0.2) is 24.3 Å². The summed E-state index contributed by atoms with van der Waals surface area (Å²) < 4.78 is 5.28. The molecule has 3 nitrogen and oxygen atoms in total. The largest absolute Gasteiger partial charge is 0.380 e. The predicted octanol–water partition coefficient (Wildman–Crippen LogP) is 2.99. The van der Waals surface area contributed by atoms with E-state index in [1.807, 2.05) is 19.2 Å². The van der Waals surface area contributed by atoms with Gasteiger partial charge in [-0.2, -0.15) is 0 Å². The van der Waals surface area contributed by atoms with Crippen LogP contribution in [0.3, 0.4) is 0 Å². The van der Waals surface area contributed by atoms with Crippen LogP contribution in [0.4, 0.5) is 5.82 Å². The molecule has 0 radical (unpaired) electrons. The summed E-state index contributed by atoms with van der Waals surface area (Å²) in [6, 6.07) is 8.24. The number of fused-ring (bicyclic) bond motifs is 1. The first-order chi connectivity index (χ1) is 8.31. The average Bonchev–Trinajstić information content (AvgIpc) is 2.38. The third-order valence-corrected chi connectivity index (χ3v) is 2.99. The molecule has 0 unspecified atom stereocenters. The second-order valence-electron chi connectivity index (χ2n) is 3.97. The van der Waals surface area contributed by atoms with E-state index in [2.05, 4.69) is 29.4 Å². The van der Waals surface area contributed by atoms with Gasteiger partial charge in [-0.25, -0.2) is 4.98 Å². The Morgan fingerprint density at radius 3 is 2.65 bits per heavy atom. The van der Waals surface area contributed by atoms with Crippen molar-refractivity contribution in [3.8, 4) is 0 Å². The van der Waals surface area contributed by atoms with Gasteiger partial charge in [-0.3, -0.25) is 0 Å². The maximum absolute atomic E-state index is 5.28. The second kappa shape index (κ2) is 5.15. The Kier molecular flexibility index (Phi) is 3.59. The molecule has 3 heteroatoms. The van der Waals surface area contributed by atoms with Crippen LogP contribution < -0.4 is 5.32 Å². The summed E-state index contributed by atoms with van der Waals surface area (Å²) in [5.74, 6) is 0.919. The standard InChI is InChI=1S/C14H18N2O/c1-4-10-11-7-5-6-8-13(11)16-14(15-2)12(10)9-17-3/h5-8H,4,9H2,1-3H3,(H,15,16). The minimum Gasteiger partial charge on any atom is -0.380 e. The minimum atomic E-state index is 0.594. The van der Waals surface area contributed by atoms with Crippen LogP contribution in [0, 0.1) is 0 Å². The van der Waals surface area contributed by atoms with E-state index in [0.29, 0.717) is 6.61 Å². The molecule has 17 heavy (non-hydrogen) atoms. The van der Waals surface area contributed by atoms with E-state index >= 15 is 0 Å². The van der Waals surface area contributed by atoms with Crippen LogP contribution in [0.25, 0.3) is 10.9 Å². The lowest BCUT2D eigenvalue weighted by atomic mass is 10.0. The number of rotatable bonds is 4. The summed E-state index contributed by atoms with van der Waals surface area (Å²) in [6.45, 7) is 2.76. The summed E-state index contributed by atoms with van der Waals surface area (Å²) in [4.78, 5) is 4.63. The Labute approximate surface area is 102 Å². The van der Waals surface area contributed by atoms with Crippen LogP contribution in [0.1, 0.15) is 18.1 Å². The lowest BCUT2D eigenvalue weighted by molar-refractivity contribution is 0.184. The molecule has 0 aliphatic carbocycles. The normalized spacial score (nSPS) is 10.8. The molecule has 0 atom stereocenters. The van der Waals surface area contributed by atoms with Crippen LogP contribution in [0.5, 0.6) is 0 Å². The topological polar surface area (TPSA) is 34.1 Å². The first-order valence-electron chi connectivity index (χ1n) is 5.89. The summed E-state index contributed by atoms with van der Waals surface area (Å²) >= 11 is 0. The molecule has 1 aromatic carbocycles. The number of aromatic nitrogens is 1. The lowest BCUT2D eigenvalue weighted by Crippen LogP contribution is -2.05. The molecule has 0 aliphatic rings. The van der Waals surface area contributed by atoms with E-state index < -0.39 is 0 Å². The number of ether oxygens (including phenoxy) is 1. The van der Waals surface area contributed by atoms with Gasteiger partial charge >= 0.3 is 0 Å². The van der Waals surface area contributed by atoms with Crippen LogP contribution >= 0.6 is 0 Å². The third kappa shape index (κ3) is 2.11. The molecule has 0 fully saturated rings. The first-order valence-corrected chi connectivity index (χ1v) is 5.89. The van der Waals surface area contributed by atoms with E-state index in [9.17, 15) is 0 Å². The fourth-order valence-electron chi connectivity index (χ4n) is 2.23. The van der Waals surface area contributed by atoms with Crippen LogP contribution in [0.2, 0.25) is 0 Å². The van der Waals surface area contributed by atoms with Crippen molar-refractivity contribution < 1.29 is 4.74 Å². The minimum absolute atomic E-state index is 0.594. The van der Waals surface area contributed by atoms with Gasteiger partial charge in [0.25, 0.3) is 0 Å². The number of para-hydroxylation sites is 1. The molecule has 0 amide bonds. The highest BCUT2D eigenvalue weighted by Gasteiger charge is 2.12. The third-order valence-electron chi connectivity index (χ3n) is 2.99. The molecule has 0 saturated heterocycles. The SMILES string of the molecule is CCc1c(COC)c(NC)nc2ccccc12. The number of methoxy groups -OCH3 is 1. The van der Waals surface area contributed by atoms with E-state index in [-0.39, 0.29) is 0 Å². The van der Waals surface area contributed by atoms with E-state index in [4.69, 9.17) is 4.74 Å². The molecule has 1 aromatic heterocycles. The Hall–Kier alpha value is -1.61. The molecular weight excluding hydrogens is 212 g/mol. The smallest absolute Gasteiger partial charge is 0.132 e. The lowest BCUT2D eigenvalue weighted by Gasteiger charge is -2.15. The number of hydrogen-bond acceptors (Lipinski definition) is 3. The van der Waals surface area contributed by atoms with Gasteiger partial charge in [0.15, 0.2) is 0 Å². The maximum atomic E-state index is 5.28. The highest BCUT2D eigenvalue weighted by molar-refractivity contribution is 5.85. The summed E-state index contributed by atoms with van der Waals surface area (Å²) in [5.41, 5.74) is 3.52. The number of benzene rings is 1. The first kappa shape index (κ1) is 11.9. The van der Waals surface area contributed by atoms with Crippen molar-refractivity contribution in [2.24, 2.45) is 0 Å². The van der Waals surface area contributed by atoms with Gasteiger partial charge in [0.1, 0.15) is 5.82 Å². The number of nitrogens with zero attached hydrogens (tertiary/aromatic N) is 1. The molecule has 2 aromatic rings. The maximum Gasteiger partial charge on any atom is 0.132 e. The predicted molar refractivity (Wildman–Crippen MR) is 71.4 cm³/mol. The van der Waals surface area contributed by atoms with Gasteiger partial charge in [0.2, 0.25) is 0 Å². The Morgan fingerprint density at radius 1 is 1.24 bits per heavy atom. The molecule has 1 heterocycles. The Bertz CT molecular complexity index is 523. The Morgan fingerprint density at radius 2 is 2.00 bits per heavy atom. The van der Waals surface area contributed by atoms with Crippen molar-refractivity contribution >= 4 is 16.7 Å². The molecule has 2 rings (SSSR count).